The van der Waals surface area contributed by atoms with Crippen LogP contribution in [-0.4, -0.2) is 15.3 Å². The Hall–Kier alpha value is -3.64. The number of allylic oxidation sites excluding steroid dienone is 1. The minimum absolute atomic E-state index is 0.146. The smallest absolute Gasteiger partial charge is 0.262 e. The minimum Gasteiger partial charge on any atom is -0.465 e. The van der Waals surface area contributed by atoms with Crippen LogP contribution in [0.2, 0.25) is 5.02 Å². The van der Waals surface area contributed by atoms with Gasteiger partial charge in [-0.2, -0.15) is 5.10 Å². The number of hydrazone groups is 1. The Kier molecular flexibility index (Phi) is 5.27. The van der Waals surface area contributed by atoms with Gasteiger partial charge in [-0.3, -0.25) is 9.36 Å². The molecule has 6 nitrogen and oxygen atoms in total. The molecule has 2 aromatic carbocycles. The number of rotatable bonds is 5. The van der Waals surface area contributed by atoms with Crippen LogP contribution in [0.5, 0.6) is 0 Å². The van der Waals surface area contributed by atoms with E-state index in [4.69, 9.17) is 16.0 Å². The van der Waals surface area contributed by atoms with Crippen molar-refractivity contribution in [1.29, 1.82) is 0 Å². The highest BCUT2D eigenvalue weighted by molar-refractivity contribution is 6.30. The predicted molar refractivity (Wildman–Crippen MR) is 116 cm³/mol. The molecule has 4 aromatic rings. The van der Waals surface area contributed by atoms with E-state index in [9.17, 15) is 4.79 Å². The molecule has 0 saturated heterocycles. The number of nitrogens with one attached hydrogen (secondary N) is 1. The summed E-state index contributed by atoms with van der Waals surface area (Å²) in [4.78, 5) is 17.1. The van der Waals surface area contributed by atoms with E-state index in [1.807, 2.05) is 48.6 Å². The molecule has 0 aliphatic heterocycles. The number of nitrogens with zero attached hydrogens (tertiary/aromatic N) is 3. The topological polar surface area (TPSA) is 72.4 Å². The summed E-state index contributed by atoms with van der Waals surface area (Å²) >= 11 is 6.00. The molecule has 0 aliphatic rings. The van der Waals surface area contributed by atoms with Crippen LogP contribution in [0.3, 0.4) is 0 Å². The monoisotopic (exact) mass is 404 g/mol. The largest absolute Gasteiger partial charge is 0.465 e. The Balaban J connectivity index is 1.73. The van der Waals surface area contributed by atoms with Crippen molar-refractivity contribution in [2.45, 2.75) is 0 Å². The Morgan fingerprint density at radius 2 is 1.93 bits per heavy atom. The van der Waals surface area contributed by atoms with Crippen molar-refractivity contribution in [3.05, 3.63) is 99.7 Å². The molecule has 2 heterocycles. The van der Waals surface area contributed by atoms with Gasteiger partial charge in [0, 0.05) is 17.6 Å². The maximum atomic E-state index is 12.6. The molecule has 0 unspecified atom stereocenters. The lowest BCUT2D eigenvalue weighted by molar-refractivity contribution is 0.557. The van der Waals surface area contributed by atoms with Gasteiger partial charge in [-0.15, -0.1) is 0 Å². The summed E-state index contributed by atoms with van der Waals surface area (Å²) in [7, 11) is 1.65. The maximum absolute atomic E-state index is 12.6. The Bertz CT molecular complexity index is 1260. The van der Waals surface area contributed by atoms with Gasteiger partial charge >= 0.3 is 0 Å². The van der Waals surface area contributed by atoms with E-state index in [0.717, 1.165) is 5.56 Å². The highest BCUT2D eigenvalue weighted by Gasteiger charge is 2.08. The zero-order valence-corrected chi connectivity index (χ0v) is 16.3. The molecule has 29 heavy (non-hydrogen) atoms. The first kappa shape index (κ1) is 18.7. The molecule has 0 spiro atoms. The van der Waals surface area contributed by atoms with Crippen LogP contribution >= 0.6 is 11.6 Å². The number of hydrogen-bond acceptors (Lipinski definition) is 5. The average Bonchev–Trinajstić information content (AvgIpc) is 3.26. The summed E-state index contributed by atoms with van der Waals surface area (Å²) in [5.41, 5.74) is 4.84. The van der Waals surface area contributed by atoms with Gasteiger partial charge in [0.2, 0.25) is 5.95 Å². The van der Waals surface area contributed by atoms with Crippen molar-refractivity contribution in [2.24, 2.45) is 12.1 Å². The maximum Gasteiger partial charge on any atom is 0.262 e. The zero-order valence-electron chi connectivity index (χ0n) is 15.5. The second-order valence-corrected chi connectivity index (χ2v) is 6.72. The van der Waals surface area contributed by atoms with Gasteiger partial charge in [0.05, 0.1) is 22.9 Å². The Morgan fingerprint density at radius 1 is 1.14 bits per heavy atom. The first-order chi connectivity index (χ1) is 14.1. The van der Waals surface area contributed by atoms with E-state index < -0.39 is 0 Å². The highest BCUT2D eigenvalue weighted by atomic mass is 35.5. The summed E-state index contributed by atoms with van der Waals surface area (Å²) < 4.78 is 6.78. The molecule has 7 heteroatoms. The van der Waals surface area contributed by atoms with Crippen LogP contribution in [0.15, 0.2) is 87.3 Å². The molecule has 0 saturated carbocycles. The number of halogens is 1. The quantitative estimate of drug-likeness (QED) is 0.386. The lowest BCUT2D eigenvalue weighted by atomic mass is 10.1. The van der Waals surface area contributed by atoms with Crippen molar-refractivity contribution in [3.8, 4) is 0 Å². The summed E-state index contributed by atoms with van der Waals surface area (Å²) in [6.07, 6.45) is 5.22. The van der Waals surface area contributed by atoms with E-state index in [0.29, 0.717) is 33.3 Å². The third-order valence-corrected chi connectivity index (χ3v) is 4.60. The molecular formula is C22H17ClN4O2. The van der Waals surface area contributed by atoms with Crippen molar-refractivity contribution in [1.82, 2.24) is 9.55 Å². The van der Waals surface area contributed by atoms with Crippen LogP contribution in [0, 0.1) is 0 Å². The first-order valence-corrected chi connectivity index (χ1v) is 9.26. The molecule has 0 aliphatic carbocycles. The van der Waals surface area contributed by atoms with Crippen molar-refractivity contribution >= 4 is 40.2 Å². The fourth-order valence-electron chi connectivity index (χ4n) is 2.79. The minimum atomic E-state index is -0.146. The number of hydrogen-bond donors (Lipinski definition) is 1. The van der Waals surface area contributed by atoms with Gasteiger partial charge < -0.3 is 4.42 Å². The number of fused-ring (bicyclic) bond motifs is 1. The van der Waals surface area contributed by atoms with Crippen LogP contribution in [0.4, 0.5) is 5.95 Å². The third-order valence-electron chi connectivity index (χ3n) is 4.35. The normalized spacial score (nSPS) is 12.0. The van der Waals surface area contributed by atoms with Crippen LogP contribution in [-0.2, 0) is 7.05 Å². The fraction of sp³-hybridized carbons (Fsp3) is 0.0455. The molecule has 1 N–H and O–H groups in total. The van der Waals surface area contributed by atoms with Gasteiger partial charge in [-0.25, -0.2) is 10.4 Å². The lowest BCUT2D eigenvalue weighted by Crippen LogP contribution is -2.21. The summed E-state index contributed by atoms with van der Waals surface area (Å²) in [5.74, 6) is 1.04. The molecule has 4 rings (SSSR count). The number of para-hydroxylation sites is 1. The molecule has 2 aromatic heterocycles. The summed E-state index contributed by atoms with van der Waals surface area (Å²) in [6.45, 7) is 0. The lowest BCUT2D eigenvalue weighted by Gasteiger charge is -2.09. The van der Waals surface area contributed by atoms with Gasteiger partial charge in [0.15, 0.2) is 0 Å². The van der Waals surface area contributed by atoms with Crippen LogP contribution < -0.4 is 11.0 Å². The molecule has 0 atom stereocenters. The molecule has 0 bridgehead atoms. The first-order valence-electron chi connectivity index (χ1n) is 8.89. The van der Waals surface area contributed by atoms with Crippen molar-refractivity contribution < 1.29 is 4.42 Å². The number of furan rings is 1. The average molecular weight is 405 g/mol. The molecule has 0 amide bonds. The second-order valence-electron chi connectivity index (χ2n) is 6.28. The number of anilines is 1. The molecular weight excluding hydrogens is 388 g/mol. The van der Waals surface area contributed by atoms with Crippen LogP contribution in [0.1, 0.15) is 11.3 Å². The SMILES string of the molecule is Cn1c(N/N=C(/C=C/c2ccco2)c2ccc(Cl)cc2)nc2ccccc2c1=O. The zero-order chi connectivity index (χ0) is 20.2. The number of benzene rings is 2. The second kappa shape index (κ2) is 8.16. The van der Waals surface area contributed by atoms with Gasteiger partial charge in [-0.05, 0) is 48.6 Å². The van der Waals surface area contributed by atoms with Crippen molar-refractivity contribution in [2.75, 3.05) is 5.43 Å². The van der Waals surface area contributed by atoms with Gasteiger partial charge in [0.25, 0.3) is 5.56 Å². The van der Waals surface area contributed by atoms with Gasteiger partial charge in [0.1, 0.15) is 5.76 Å². The van der Waals surface area contributed by atoms with Crippen molar-refractivity contribution in [3.63, 3.8) is 0 Å². The third kappa shape index (κ3) is 4.12. The van der Waals surface area contributed by atoms with E-state index in [1.54, 1.807) is 37.6 Å². The van der Waals surface area contributed by atoms with E-state index in [2.05, 4.69) is 15.5 Å². The Morgan fingerprint density at radius 3 is 2.69 bits per heavy atom. The Labute approximate surface area is 171 Å². The van der Waals surface area contributed by atoms with Gasteiger partial charge in [-0.1, -0.05) is 35.9 Å². The summed E-state index contributed by atoms with van der Waals surface area (Å²) in [5, 5.41) is 5.66. The highest BCUT2D eigenvalue weighted by Crippen LogP contribution is 2.14. The molecule has 0 radical (unpaired) electrons. The number of aromatic nitrogens is 2. The fourth-order valence-corrected chi connectivity index (χ4v) is 2.92. The van der Waals surface area contributed by atoms with E-state index in [1.165, 1.54) is 4.57 Å². The van der Waals surface area contributed by atoms with Crippen LogP contribution in [0.25, 0.3) is 17.0 Å². The molecule has 144 valence electrons. The molecule has 0 fully saturated rings. The summed E-state index contributed by atoms with van der Waals surface area (Å²) in [6, 6.07) is 18.2. The predicted octanol–water partition coefficient (Wildman–Crippen LogP) is 4.71. The standard InChI is InChI=1S/C22H17ClN4O2/c1-27-21(28)18-6-2-3-7-20(18)24-22(27)26-25-19(13-12-17-5-4-14-29-17)15-8-10-16(23)11-9-15/h2-14H,1H3,(H,24,26)/b13-12+,25-19-. The van der Waals surface area contributed by atoms with E-state index in [-0.39, 0.29) is 5.56 Å². The van der Waals surface area contributed by atoms with E-state index >= 15 is 0 Å².